The van der Waals surface area contributed by atoms with Gasteiger partial charge in [0.25, 0.3) is 0 Å². The standard InChI is InChI=1S/C6H9N3O3/c1-3-12-6-5(9(10)11)4-8(2)7-6/h4H,3H2,1-2H3. The van der Waals surface area contributed by atoms with Crippen molar-refractivity contribution in [3.05, 3.63) is 16.3 Å². The Morgan fingerprint density at radius 1 is 1.83 bits per heavy atom. The molecule has 0 aromatic carbocycles. The second kappa shape index (κ2) is 3.21. The van der Waals surface area contributed by atoms with E-state index in [4.69, 9.17) is 4.74 Å². The van der Waals surface area contributed by atoms with Gasteiger partial charge in [-0.3, -0.25) is 14.8 Å². The van der Waals surface area contributed by atoms with Gasteiger partial charge in [-0.2, -0.15) is 0 Å². The molecule has 1 rings (SSSR count). The quantitative estimate of drug-likeness (QED) is 0.496. The molecule has 66 valence electrons. The van der Waals surface area contributed by atoms with Gasteiger partial charge in [0.05, 0.1) is 11.5 Å². The van der Waals surface area contributed by atoms with E-state index in [1.165, 1.54) is 10.9 Å². The van der Waals surface area contributed by atoms with Gasteiger partial charge in [0.15, 0.2) is 0 Å². The molecule has 0 amide bonds. The topological polar surface area (TPSA) is 70.2 Å². The van der Waals surface area contributed by atoms with Crippen LogP contribution in [0.3, 0.4) is 0 Å². The molecular formula is C6H9N3O3. The highest BCUT2D eigenvalue weighted by Crippen LogP contribution is 2.23. The van der Waals surface area contributed by atoms with Gasteiger partial charge in [-0.1, -0.05) is 0 Å². The minimum atomic E-state index is -0.516. The fourth-order valence-corrected chi connectivity index (χ4v) is 0.820. The van der Waals surface area contributed by atoms with Crippen molar-refractivity contribution in [1.29, 1.82) is 0 Å². The van der Waals surface area contributed by atoms with Gasteiger partial charge < -0.3 is 4.74 Å². The Morgan fingerprint density at radius 3 is 3.00 bits per heavy atom. The van der Waals surface area contributed by atoms with Crippen LogP contribution in [0.5, 0.6) is 5.88 Å². The molecule has 0 saturated heterocycles. The second-order valence-electron chi connectivity index (χ2n) is 2.18. The molecule has 0 unspecified atom stereocenters. The van der Waals surface area contributed by atoms with E-state index in [1.54, 1.807) is 14.0 Å². The summed E-state index contributed by atoms with van der Waals surface area (Å²) in [4.78, 5) is 9.87. The van der Waals surface area contributed by atoms with Crippen LogP contribution in [0, 0.1) is 10.1 Å². The van der Waals surface area contributed by atoms with Crippen LogP contribution in [0.15, 0.2) is 6.20 Å². The summed E-state index contributed by atoms with van der Waals surface area (Å²) in [5, 5.41) is 14.2. The molecule has 1 aromatic rings. The van der Waals surface area contributed by atoms with Crippen LogP contribution in [0.25, 0.3) is 0 Å². The van der Waals surface area contributed by atoms with E-state index < -0.39 is 4.92 Å². The third-order valence-corrected chi connectivity index (χ3v) is 1.25. The average molecular weight is 171 g/mol. The van der Waals surface area contributed by atoms with Crippen molar-refractivity contribution in [3.63, 3.8) is 0 Å². The molecule has 6 nitrogen and oxygen atoms in total. The molecule has 0 aliphatic carbocycles. The van der Waals surface area contributed by atoms with Crippen LogP contribution in [0.1, 0.15) is 6.92 Å². The molecule has 12 heavy (non-hydrogen) atoms. The predicted molar refractivity (Wildman–Crippen MR) is 41.0 cm³/mol. The summed E-state index contributed by atoms with van der Waals surface area (Å²) in [7, 11) is 1.61. The number of hydrogen-bond acceptors (Lipinski definition) is 4. The molecule has 0 saturated carbocycles. The maximum Gasteiger partial charge on any atom is 0.350 e. The third kappa shape index (κ3) is 1.52. The summed E-state index contributed by atoms with van der Waals surface area (Å²) in [5.74, 6) is 0.0741. The SMILES string of the molecule is CCOc1nn(C)cc1[N+](=O)[O-]. The third-order valence-electron chi connectivity index (χ3n) is 1.25. The summed E-state index contributed by atoms with van der Waals surface area (Å²) in [6.45, 7) is 2.12. The van der Waals surface area contributed by atoms with Crippen molar-refractivity contribution in [3.8, 4) is 5.88 Å². The smallest absolute Gasteiger partial charge is 0.350 e. The fourth-order valence-electron chi connectivity index (χ4n) is 0.820. The first-order valence-corrected chi connectivity index (χ1v) is 3.46. The van der Waals surface area contributed by atoms with E-state index >= 15 is 0 Å². The first kappa shape index (κ1) is 8.51. The summed E-state index contributed by atoms with van der Waals surface area (Å²) in [5.41, 5.74) is -0.0978. The minimum Gasteiger partial charge on any atom is -0.472 e. The molecule has 0 bridgehead atoms. The highest BCUT2D eigenvalue weighted by atomic mass is 16.6. The predicted octanol–water partition coefficient (Wildman–Crippen LogP) is 0.727. The van der Waals surface area contributed by atoms with Crippen molar-refractivity contribution in [1.82, 2.24) is 9.78 Å². The maximum atomic E-state index is 10.4. The Bertz CT molecular complexity index is 294. The number of aryl methyl sites for hydroxylation is 1. The zero-order valence-corrected chi connectivity index (χ0v) is 6.85. The van der Waals surface area contributed by atoms with Gasteiger partial charge in [-0.05, 0) is 6.92 Å². The van der Waals surface area contributed by atoms with E-state index in [0.29, 0.717) is 6.61 Å². The van der Waals surface area contributed by atoms with Crippen LogP contribution < -0.4 is 4.74 Å². The van der Waals surface area contributed by atoms with Crippen molar-refractivity contribution in [2.75, 3.05) is 6.61 Å². The van der Waals surface area contributed by atoms with E-state index in [2.05, 4.69) is 5.10 Å². The van der Waals surface area contributed by atoms with Crippen molar-refractivity contribution in [2.45, 2.75) is 6.92 Å². The van der Waals surface area contributed by atoms with Crippen molar-refractivity contribution >= 4 is 5.69 Å². The van der Waals surface area contributed by atoms with Crippen LogP contribution in [0.2, 0.25) is 0 Å². The summed E-state index contributed by atoms with van der Waals surface area (Å²) >= 11 is 0. The lowest BCUT2D eigenvalue weighted by Gasteiger charge is -1.94. The van der Waals surface area contributed by atoms with Gasteiger partial charge in [0.1, 0.15) is 6.20 Å². The molecular weight excluding hydrogens is 162 g/mol. The van der Waals surface area contributed by atoms with Gasteiger partial charge in [-0.25, -0.2) is 0 Å². The molecule has 0 spiro atoms. The number of nitro groups is 1. The first-order valence-electron chi connectivity index (χ1n) is 3.46. The van der Waals surface area contributed by atoms with Crippen LogP contribution >= 0.6 is 0 Å². The molecule has 0 aliphatic rings. The Labute approximate surface area is 68.9 Å². The van der Waals surface area contributed by atoms with Gasteiger partial charge in [0.2, 0.25) is 0 Å². The monoisotopic (exact) mass is 171 g/mol. The first-order chi connectivity index (χ1) is 5.65. The van der Waals surface area contributed by atoms with E-state index in [1.807, 2.05) is 0 Å². The zero-order valence-electron chi connectivity index (χ0n) is 6.85. The Kier molecular flexibility index (Phi) is 2.27. The Balaban J connectivity index is 2.99. The van der Waals surface area contributed by atoms with Gasteiger partial charge in [-0.15, -0.1) is 5.10 Å². The van der Waals surface area contributed by atoms with Crippen LogP contribution in [-0.2, 0) is 7.05 Å². The normalized spacial score (nSPS) is 9.83. The number of nitrogens with zero attached hydrogens (tertiary/aromatic N) is 3. The molecule has 0 radical (unpaired) electrons. The summed E-state index contributed by atoms with van der Waals surface area (Å²) < 4.78 is 6.30. The van der Waals surface area contributed by atoms with E-state index in [0.717, 1.165) is 0 Å². The summed E-state index contributed by atoms with van der Waals surface area (Å²) in [6.07, 6.45) is 1.31. The molecule has 1 aromatic heterocycles. The lowest BCUT2D eigenvalue weighted by Crippen LogP contribution is -1.96. The Hall–Kier alpha value is -1.59. The lowest BCUT2D eigenvalue weighted by atomic mass is 10.5. The van der Waals surface area contributed by atoms with E-state index in [-0.39, 0.29) is 11.6 Å². The molecule has 0 aliphatic heterocycles. The molecule has 0 N–H and O–H groups in total. The molecule has 1 heterocycles. The molecule has 0 fully saturated rings. The lowest BCUT2D eigenvalue weighted by molar-refractivity contribution is -0.385. The average Bonchev–Trinajstić information content (AvgIpc) is 2.32. The number of hydrogen-bond donors (Lipinski definition) is 0. The molecule has 0 atom stereocenters. The number of ether oxygens (including phenoxy) is 1. The number of aromatic nitrogens is 2. The second-order valence-corrected chi connectivity index (χ2v) is 2.18. The van der Waals surface area contributed by atoms with Crippen molar-refractivity contribution in [2.24, 2.45) is 7.05 Å². The van der Waals surface area contributed by atoms with Gasteiger partial charge in [0, 0.05) is 7.05 Å². The Morgan fingerprint density at radius 2 is 2.50 bits per heavy atom. The summed E-state index contributed by atoms with van der Waals surface area (Å²) in [6, 6.07) is 0. The van der Waals surface area contributed by atoms with Crippen LogP contribution in [0.4, 0.5) is 5.69 Å². The highest BCUT2D eigenvalue weighted by molar-refractivity contribution is 5.38. The minimum absolute atomic E-state index is 0.0741. The largest absolute Gasteiger partial charge is 0.472 e. The van der Waals surface area contributed by atoms with Crippen molar-refractivity contribution < 1.29 is 9.66 Å². The zero-order chi connectivity index (χ0) is 9.14. The highest BCUT2D eigenvalue weighted by Gasteiger charge is 2.18. The van der Waals surface area contributed by atoms with E-state index in [9.17, 15) is 10.1 Å². The maximum absolute atomic E-state index is 10.4. The van der Waals surface area contributed by atoms with Gasteiger partial charge >= 0.3 is 11.6 Å². The number of rotatable bonds is 3. The van der Waals surface area contributed by atoms with Crippen LogP contribution in [-0.4, -0.2) is 21.3 Å². The fraction of sp³-hybridized carbons (Fsp3) is 0.500. The molecule has 6 heteroatoms.